The Morgan fingerprint density at radius 3 is 2.54 bits per heavy atom. The van der Waals surface area contributed by atoms with Gasteiger partial charge in [-0.3, -0.25) is 19.1 Å². The number of amides is 1. The summed E-state index contributed by atoms with van der Waals surface area (Å²) in [5.41, 5.74) is 6.75. The van der Waals surface area contributed by atoms with Gasteiger partial charge in [-0.15, -0.1) is 0 Å². The monoisotopic (exact) mass is 370 g/mol. The summed E-state index contributed by atoms with van der Waals surface area (Å²) in [5.74, 6) is -0.0743. The average molecular weight is 371 g/mol. The van der Waals surface area contributed by atoms with E-state index in [0.717, 1.165) is 5.56 Å². The first kappa shape index (κ1) is 18.1. The van der Waals surface area contributed by atoms with Crippen LogP contribution in [-0.4, -0.2) is 27.4 Å². The van der Waals surface area contributed by atoms with E-state index in [2.05, 4.69) is 4.98 Å². The van der Waals surface area contributed by atoms with E-state index in [9.17, 15) is 9.59 Å². The molecular formula is C19H19ClN4O2. The van der Waals surface area contributed by atoms with Crippen LogP contribution in [0.25, 0.3) is 10.9 Å². The van der Waals surface area contributed by atoms with Gasteiger partial charge in [-0.1, -0.05) is 35.9 Å². The average Bonchev–Trinajstić information content (AvgIpc) is 2.60. The summed E-state index contributed by atoms with van der Waals surface area (Å²) in [6.07, 6.45) is 0. The minimum Gasteiger partial charge on any atom is -0.368 e. The lowest BCUT2D eigenvalue weighted by Crippen LogP contribution is -2.33. The van der Waals surface area contributed by atoms with Crippen LogP contribution in [0.15, 0.2) is 53.3 Å². The van der Waals surface area contributed by atoms with Gasteiger partial charge >= 0.3 is 0 Å². The molecule has 0 bridgehead atoms. The SMILES string of the molecule is CN(Cc1ccc(Cl)cc1)Cc1nc2ccccc2c(=O)n1CC(N)=O. The van der Waals surface area contributed by atoms with Gasteiger partial charge in [0, 0.05) is 11.6 Å². The van der Waals surface area contributed by atoms with E-state index in [1.54, 1.807) is 18.2 Å². The number of nitrogens with two attached hydrogens (primary N) is 1. The quantitative estimate of drug-likeness (QED) is 0.721. The Balaban J connectivity index is 1.93. The molecule has 0 saturated carbocycles. The fourth-order valence-corrected chi connectivity index (χ4v) is 2.98. The van der Waals surface area contributed by atoms with Crippen LogP contribution in [-0.2, 0) is 24.4 Å². The number of hydrogen-bond acceptors (Lipinski definition) is 4. The molecule has 1 amide bonds. The van der Waals surface area contributed by atoms with Gasteiger partial charge in [-0.2, -0.15) is 0 Å². The number of hydrogen-bond donors (Lipinski definition) is 1. The molecule has 0 spiro atoms. The molecule has 0 aliphatic carbocycles. The van der Waals surface area contributed by atoms with Gasteiger partial charge in [0.05, 0.1) is 17.4 Å². The molecular weight excluding hydrogens is 352 g/mol. The molecule has 2 N–H and O–H groups in total. The zero-order valence-electron chi connectivity index (χ0n) is 14.4. The Bertz CT molecular complexity index is 999. The first-order valence-corrected chi connectivity index (χ1v) is 8.51. The normalized spacial score (nSPS) is 11.2. The maximum atomic E-state index is 12.7. The molecule has 2 aromatic carbocycles. The Morgan fingerprint density at radius 2 is 1.85 bits per heavy atom. The van der Waals surface area contributed by atoms with E-state index in [-0.39, 0.29) is 12.1 Å². The van der Waals surface area contributed by atoms with Crippen molar-refractivity contribution in [1.29, 1.82) is 0 Å². The lowest BCUT2D eigenvalue weighted by atomic mass is 10.2. The number of nitrogens with zero attached hydrogens (tertiary/aromatic N) is 3. The van der Waals surface area contributed by atoms with Crippen molar-refractivity contribution in [2.45, 2.75) is 19.6 Å². The number of primary amides is 1. The number of carbonyl (C=O) groups is 1. The minimum atomic E-state index is -0.578. The summed E-state index contributed by atoms with van der Waals surface area (Å²) in [7, 11) is 1.92. The number of halogens is 1. The number of para-hydroxylation sites is 1. The van der Waals surface area contributed by atoms with E-state index in [1.165, 1.54) is 4.57 Å². The van der Waals surface area contributed by atoms with E-state index < -0.39 is 5.91 Å². The zero-order chi connectivity index (χ0) is 18.7. The van der Waals surface area contributed by atoms with Gasteiger partial charge < -0.3 is 5.73 Å². The van der Waals surface area contributed by atoms with Crippen molar-refractivity contribution in [1.82, 2.24) is 14.5 Å². The highest BCUT2D eigenvalue weighted by Gasteiger charge is 2.14. The van der Waals surface area contributed by atoms with Gasteiger partial charge in [0.25, 0.3) is 5.56 Å². The molecule has 0 fully saturated rings. The number of fused-ring (bicyclic) bond motifs is 1. The molecule has 7 heteroatoms. The first-order valence-electron chi connectivity index (χ1n) is 8.14. The van der Waals surface area contributed by atoms with E-state index in [4.69, 9.17) is 17.3 Å². The predicted octanol–water partition coefficient (Wildman–Crippen LogP) is 2.17. The third kappa shape index (κ3) is 4.09. The fourth-order valence-electron chi connectivity index (χ4n) is 2.85. The minimum absolute atomic E-state index is 0.194. The van der Waals surface area contributed by atoms with Crippen molar-refractivity contribution in [3.05, 3.63) is 75.3 Å². The predicted molar refractivity (Wildman–Crippen MR) is 102 cm³/mol. The van der Waals surface area contributed by atoms with Crippen molar-refractivity contribution in [3.8, 4) is 0 Å². The second-order valence-electron chi connectivity index (χ2n) is 6.20. The van der Waals surface area contributed by atoms with Crippen LogP contribution >= 0.6 is 11.6 Å². The van der Waals surface area contributed by atoms with Gasteiger partial charge in [0.1, 0.15) is 12.4 Å². The summed E-state index contributed by atoms with van der Waals surface area (Å²) in [6.45, 7) is 0.854. The molecule has 6 nitrogen and oxygen atoms in total. The van der Waals surface area contributed by atoms with Gasteiger partial charge in [0.2, 0.25) is 5.91 Å². The molecule has 1 heterocycles. The van der Waals surface area contributed by atoms with E-state index >= 15 is 0 Å². The second-order valence-corrected chi connectivity index (χ2v) is 6.64. The van der Waals surface area contributed by atoms with E-state index in [1.807, 2.05) is 42.3 Å². The molecule has 3 rings (SSSR count). The number of benzene rings is 2. The Morgan fingerprint density at radius 1 is 1.15 bits per heavy atom. The Kier molecular flexibility index (Phi) is 5.35. The van der Waals surface area contributed by atoms with Crippen molar-refractivity contribution < 1.29 is 4.79 Å². The van der Waals surface area contributed by atoms with Crippen LogP contribution in [0.1, 0.15) is 11.4 Å². The van der Waals surface area contributed by atoms with Crippen molar-refractivity contribution in [2.75, 3.05) is 7.05 Å². The molecule has 0 atom stereocenters. The molecule has 0 aliphatic rings. The lowest BCUT2D eigenvalue weighted by Gasteiger charge is -2.19. The third-order valence-corrected chi connectivity index (χ3v) is 4.28. The highest BCUT2D eigenvalue weighted by Crippen LogP contribution is 2.13. The Labute approximate surface area is 155 Å². The van der Waals surface area contributed by atoms with Crippen LogP contribution in [0.3, 0.4) is 0 Å². The van der Waals surface area contributed by atoms with Gasteiger partial charge in [-0.25, -0.2) is 4.98 Å². The molecule has 1 aromatic heterocycles. The van der Waals surface area contributed by atoms with Crippen molar-refractivity contribution >= 4 is 28.4 Å². The summed E-state index contributed by atoms with van der Waals surface area (Å²) < 4.78 is 1.35. The molecule has 0 saturated heterocycles. The second kappa shape index (κ2) is 7.68. The number of aromatic nitrogens is 2. The number of carbonyl (C=O) groups excluding carboxylic acids is 1. The van der Waals surface area contributed by atoms with Crippen LogP contribution in [0, 0.1) is 0 Å². The first-order chi connectivity index (χ1) is 12.4. The number of rotatable bonds is 6. The molecule has 0 radical (unpaired) electrons. The maximum Gasteiger partial charge on any atom is 0.261 e. The molecule has 0 unspecified atom stereocenters. The van der Waals surface area contributed by atoms with Gasteiger partial charge in [0.15, 0.2) is 0 Å². The van der Waals surface area contributed by atoms with Gasteiger partial charge in [-0.05, 0) is 36.9 Å². The lowest BCUT2D eigenvalue weighted by molar-refractivity contribution is -0.118. The molecule has 134 valence electrons. The zero-order valence-corrected chi connectivity index (χ0v) is 15.1. The third-order valence-electron chi connectivity index (χ3n) is 4.03. The molecule has 26 heavy (non-hydrogen) atoms. The molecule has 3 aromatic rings. The Hall–Kier alpha value is -2.70. The fraction of sp³-hybridized carbons (Fsp3) is 0.211. The van der Waals surface area contributed by atoms with E-state index in [0.29, 0.717) is 34.8 Å². The van der Waals surface area contributed by atoms with Crippen LogP contribution < -0.4 is 11.3 Å². The molecule has 0 aliphatic heterocycles. The summed E-state index contributed by atoms with van der Waals surface area (Å²) in [5, 5.41) is 1.15. The van der Waals surface area contributed by atoms with Crippen LogP contribution in [0.4, 0.5) is 0 Å². The van der Waals surface area contributed by atoms with Crippen molar-refractivity contribution in [2.24, 2.45) is 5.73 Å². The topological polar surface area (TPSA) is 81.2 Å². The summed E-state index contributed by atoms with van der Waals surface area (Å²) in [6, 6.07) is 14.6. The summed E-state index contributed by atoms with van der Waals surface area (Å²) >= 11 is 5.91. The maximum absolute atomic E-state index is 12.7. The van der Waals surface area contributed by atoms with Crippen LogP contribution in [0.2, 0.25) is 5.02 Å². The standard InChI is InChI=1S/C19H19ClN4O2/c1-23(10-13-6-8-14(20)9-7-13)12-18-22-16-5-3-2-4-15(16)19(26)24(18)11-17(21)25/h2-9H,10-12H2,1H3,(H2,21,25). The van der Waals surface area contributed by atoms with Crippen molar-refractivity contribution in [3.63, 3.8) is 0 Å². The summed E-state index contributed by atoms with van der Waals surface area (Å²) in [4.78, 5) is 30.8. The largest absolute Gasteiger partial charge is 0.368 e. The van der Waals surface area contributed by atoms with Crippen LogP contribution in [0.5, 0.6) is 0 Å². The smallest absolute Gasteiger partial charge is 0.261 e. The highest BCUT2D eigenvalue weighted by atomic mass is 35.5. The highest BCUT2D eigenvalue weighted by molar-refractivity contribution is 6.30.